The number of aryl methyl sites for hydroxylation is 1. The van der Waals surface area contributed by atoms with Crippen LogP contribution in [0.15, 0.2) is 55.0 Å². The molecule has 2 N–H and O–H groups in total. The third kappa shape index (κ3) is 3.90. The van der Waals surface area contributed by atoms with Crippen molar-refractivity contribution in [3.63, 3.8) is 0 Å². The Kier molecular flexibility index (Phi) is 4.98. The van der Waals surface area contributed by atoms with E-state index in [9.17, 15) is 4.79 Å². The molecule has 1 aromatic carbocycles. The minimum absolute atomic E-state index is 0.0304. The van der Waals surface area contributed by atoms with Gasteiger partial charge in [-0.1, -0.05) is 18.2 Å². The Balaban J connectivity index is 1.35. The molecule has 5 nitrogen and oxygen atoms in total. The lowest BCUT2D eigenvalue weighted by Gasteiger charge is -2.04. The molecule has 3 aromatic heterocycles. The van der Waals surface area contributed by atoms with Gasteiger partial charge in [0.05, 0.1) is 12.1 Å². The first-order chi connectivity index (χ1) is 13.2. The molecule has 4 aromatic rings. The summed E-state index contributed by atoms with van der Waals surface area (Å²) in [7, 11) is 0. The highest BCUT2D eigenvalue weighted by molar-refractivity contribution is 7.15. The largest absolute Gasteiger partial charge is 0.361 e. The number of benzene rings is 1. The number of aromatic nitrogens is 3. The molecular weight excluding hydrogens is 356 g/mol. The van der Waals surface area contributed by atoms with Crippen LogP contribution in [-0.4, -0.2) is 27.4 Å². The lowest BCUT2D eigenvalue weighted by Crippen LogP contribution is -2.27. The molecule has 1 amide bonds. The molecule has 0 aliphatic heterocycles. The normalized spacial score (nSPS) is 11.0. The second-order valence-corrected chi connectivity index (χ2v) is 7.48. The summed E-state index contributed by atoms with van der Waals surface area (Å²) in [6.45, 7) is 2.57. The Morgan fingerprint density at radius 3 is 2.85 bits per heavy atom. The van der Waals surface area contributed by atoms with Crippen LogP contribution in [-0.2, 0) is 17.6 Å². The Morgan fingerprint density at radius 1 is 1.19 bits per heavy atom. The maximum absolute atomic E-state index is 12.4. The van der Waals surface area contributed by atoms with Gasteiger partial charge in [-0.25, -0.2) is 4.98 Å². The lowest BCUT2D eigenvalue weighted by molar-refractivity contribution is -0.120. The molecular formula is C21H20N4OS. The monoisotopic (exact) mass is 376 g/mol. The van der Waals surface area contributed by atoms with Crippen molar-refractivity contribution < 1.29 is 4.79 Å². The van der Waals surface area contributed by atoms with E-state index >= 15 is 0 Å². The van der Waals surface area contributed by atoms with Gasteiger partial charge in [-0.3, -0.25) is 9.78 Å². The summed E-state index contributed by atoms with van der Waals surface area (Å²) < 4.78 is 0. The zero-order valence-electron chi connectivity index (χ0n) is 15.0. The minimum atomic E-state index is 0.0304. The van der Waals surface area contributed by atoms with E-state index in [0.717, 1.165) is 33.1 Å². The predicted octanol–water partition coefficient (Wildman–Crippen LogP) is 3.90. The van der Waals surface area contributed by atoms with E-state index in [1.165, 1.54) is 10.9 Å². The highest BCUT2D eigenvalue weighted by Crippen LogP contribution is 2.27. The Hall–Kier alpha value is -2.99. The summed E-state index contributed by atoms with van der Waals surface area (Å²) in [5.41, 5.74) is 4.30. The highest BCUT2D eigenvalue weighted by Gasteiger charge is 2.13. The van der Waals surface area contributed by atoms with Gasteiger partial charge in [-0.05, 0) is 37.1 Å². The fraction of sp³-hybridized carbons (Fsp3) is 0.190. The molecule has 0 radical (unpaired) electrons. The molecule has 0 spiro atoms. The van der Waals surface area contributed by atoms with Crippen molar-refractivity contribution in [3.8, 4) is 10.6 Å². The van der Waals surface area contributed by atoms with Crippen molar-refractivity contribution in [3.05, 3.63) is 71.1 Å². The van der Waals surface area contributed by atoms with Crippen molar-refractivity contribution >= 4 is 28.1 Å². The van der Waals surface area contributed by atoms with Gasteiger partial charge in [0, 0.05) is 46.5 Å². The Morgan fingerprint density at radius 2 is 2.00 bits per heavy atom. The molecule has 27 heavy (non-hydrogen) atoms. The average molecular weight is 376 g/mol. The molecule has 136 valence electrons. The van der Waals surface area contributed by atoms with Crippen LogP contribution in [0.2, 0.25) is 0 Å². The fourth-order valence-corrected chi connectivity index (χ4v) is 4.16. The summed E-state index contributed by atoms with van der Waals surface area (Å²) in [5, 5.41) is 5.17. The molecule has 3 heterocycles. The Bertz CT molecular complexity index is 1070. The molecule has 0 saturated carbocycles. The van der Waals surface area contributed by atoms with Crippen molar-refractivity contribution in [2.75, 3.05) is 6.54 Å². The first-order valence-electron chi connectivity index (χ1n) is 8.89. The third-order valence-corrected chi connectivity index (χ3v) is 5.74. The fourth-order valence-electron chi connectivity index (χ4n) is 3.09. The number of aromatic amines is 1. The molecule has 0 atom stereocenters. The van der Waals surface area contributed by atoms with Crippen molar-refractivity contribution in [1.82, 2.24) is 20.3 Å². The molecule has 0 unspecified atom stereocenters. The van der Waals surface area contributed by atoms with Crippen LogP contribution in [0.5, 0.6) is 0 Å². The summed E-state index contributed by atoms with van der Waals surface area (Å²) in [5.74, 6) is 0.0304. The van der Waals surface area contributed by atoms with E-state index in [2.05, 4.69) is 32.4 Å². The summed E-state index contributed by atoms with van der Waals surface area (Å²) in [4.78, 5) is 25.3. The minimum Gasteiger partial charge on any atom is -0.361 e. The van der Waals surface area contributed by atoms with Crippen LogP contribution < -0.4 is 5.32 Å². The van der Waals surface area contributed by atoms with Crippen molar-refractivity contribution in [2.24, 2.45) is 0 Å². The number of nitrogens with one attached hydrogen (secondary N) is 2. The average Bonchev–Trinajstić information content (AvgIpc) is 3.27. The topological polar surface area (TPSA) is 70.7 Å². The number of H-pyrrole nitrogens is 1. The molecule has 6 heteroatoms. The number of hydrogen-bond acceptors (Lipinski definition) is 4. The number of para-hydroxylation sites is 1. The first kappa shape index (κ1) is 17.4. The van der Waals surface area contributed by atoms with E-state index < -0.39 is 0 Å². The van der Waals surface area contributed by atoms with E-state index in [4.69, 9.17) is 0 Å². The van der Waals surface area contributed by atoms with E-state index in [-0.39, 0.29) is 5.91 Å². The summed E-state index contributed by atoms with van der Waals surface area (Å²) in [6, 6.07) is 12.1. The SMILES string of the molecule is Cc1nc(-c2ccncc2)sc1CC(=O)NCCc1c[nH]c2ccccc12. The number of nitrogens with zero attached hydrogens (tertiary/aromatic N) is 2. The highest BCUT2D eigenvalue weighted by atomic mass is 32.1. The van der Waals surface area contributed by atoms with Gasteiger partial charge in [0.25, 0.3) is 0 Å². The van der Waals surface area contributed by atoms with Gasteiger partial charge < -0.3 is 10.3 Å². The number of rotatable bonds is 6. The number of fused-ring (bicyclic) bond motifs is 1. The van der Waals surface area contributed by atoms with Crippen LogP contribution in [0.1, 0.15) is 16.1 Å². The summed E-state index contributed by atoms with van der Waals surface area (Å²) in [6.07, 6.45) is 6.69. The molecule has 0 fully saturated rings. The number of amides is 1. The zero-order chi connectivity index (χ0) is 18.6. The smallest absolute Gasteiger partial charge is 0.225 e. The van der Waals surface area contributed by atoms with Crippen LogP contribution in [0, 0.1) is 6.92 Å². The zero-order valence-corrected chi connectivity index (χ0v) is 15.8. The number of carbonyl (C=O) groups is 1. The molecule has 0 aliphatic rings. The second kappa shape index (κ2) is 7.72. The Labute approximate surface area is 161 Å². The van der Waals surface area contributed by atoms with Crippen LogP contribution >= 0.6 is 11.3 Å². The van der Waals surface area contributed by atoms with Crippen LogP contribution in [0.25, 0.3) is 21.5 Å². The van der Waals surface area contributed by atoms with Gasteiger partial charge in [-0.15, -0.1) is 11.3 Å². The molecule has 0 saturated heterocycles. The first-order valence-corrected chi connectivity index (χ1v) is 9.71. The van der Waals surface area contributed by atoms with E-state index in [1.807, 2.05) is 37.4 Å². The third-order valence-electron chi connectivity index (χ3n) is 4.53. The number of carbonyl (C=O) groups excluding carboxylic acids is 1. The maximum atomic E-state index is 12.4. The molecule has 0 bridgehead atoms. The van der Waals surface area contributed by atoms with E-state index in [1.54, 1.807) is 23.7 Å². The maximum Gasteiger partial charge on any atom is 0.225 e. The van der Waals surface area contributed by atoms with Crippen molar-refractivity contribution in [2.45, 2.75) is 19.8 Å². The van der Waals surface area contributed by atoms with Gasteiger partial charge in [0.2, 0.25) is 5.91 Å². The van der Waals surface area contributed by atoms with Gasteiger partial charge in [0.15, 0.2) is 0 Å². The van der Waals surface area contributed by atoms with Gasteiger partial charge in [0.1, 0.15) is 5.01 Å². The van der Waals surface area contributed by atoms with Crippen molar-refractivity contribution in [1.29, 1.82) is 0 Å². The lowest BCUT2D eigenvalue weighted by atomic mass is 10.1. The van der Waals surface area contributed by atoms with Crippen LogP contribution in [0.4, 0.5) is 0 Å². The van der Waals surface area contributed by atoms with Crippen LogP contribution in [0.3, 0.4) is 0 Å². The number of hydrogen-bond donors (Lipinski definition) is 2. The number of pyridine rings is 1. The number of thiazole rings is 1. The second-order valence-electron chi connectivity index (χ2n) is 6.40. The quantitative estimate of drug-likeness (QED) is 0.536. The van der Waals surface area contributed by atoms with Gasteiger partial charge in [-0.2, -0.15) is 0 Å². The summed E-state index contributed by atoms with van der Waals surface area (Å²) >= 11 is 1.57. The predicted molar refractivity (Wildman–Crippen MR) is 109 cm³/mol. The molecule has 0 aliphatic carbocycles. The van der Waals surface area contributed by atoms with E-state index in [0.29, 0.717) is 13.0 Å². The van der Waals surface area contributed by atoms with Gasteiger partial charge >= 0.3 is 0 Å². The molecule has 4 rings (SSSR count). The standard InChI is InChI=1S/C21H20N4OS/c1-14-19(27-21(25-14)15-6-9-22-10-7-15)12-20(26)23-11-8-16-13-24-18-5-3-2-4-17(16)18/h2-7,9-10,13,24H,8,11-12H2,1H3,(H,23,26).